The third-order valence-corrected chi connectivity index (χ3v) is 5.92. The third-order valence-electron chi connectivity index (χ3n) is 4.09. The van der Waals surface area contributed by atoms with Crippen molar-refractivity contribution >= 4 is 10.0 Å². The van der Waals surface area contributed by atoms with E-state index in [0.29, 0.717) is 32.1 Å². The molecule has 1 heterocycles. The number of hydrogen-bond acceptors (Lipinski definition) is 6. The maximum Gasteiger partial charge on any atom is 0.242 e. The highest BCUT2D eigenvalue weighted by atomic mass is 32.2. The van der Waals surface area contributed by atoms with Crippen LogP contribution in [-0.2, 0) is 10.0 Å². The summed E-state index contributed by atoms with van der Waals surface area (Å²) in [5.41, 5.74) is 0. The SMILES string of the molecule is CN(C)S(=O)(=O)c1ccc(OCCNCC2COc3ccccc3O2)cc1. The normalized spacial score (nSPS) is 16.3. The van der Waals surface area contributed by atoms with E-state index in [4.69, 9.17) is 14.2 Å². The van der Waals surface area contributed by atoms with E-state index in [-0.39, 0.29) is 11.0 Å². The van der Waals surface area contributed by atoms with Gasteiger partial charge in [-0.1, -0.05) is 12.1 Å². The van der Waals surface area contributed by atoms with Gasteiger partial charge in [-0.15, -0.1) is 0 Å². The van der Waals surface area contributed by atoms with Crippen LogP contribution in [-0.4, -0.2) is 59.2 Å². The average Bonchev–Trinajstić information content (AvgIpc) is 2.68. The molecule has 0 aliphatic carbocycles. The molecule has 1 atom stereocenters. The second kappa shape index (κ2) is 8.60. The predicted molar refractivity (Wildman–Crippen MR) is 102 cm³/mol. The van der Waals surface area contributed by atoms with Crippen LogP contribution in [0.5, 0.6) is 17.2 Å². The highest BCUT2D eigenvalue weighted by Crippen LogP contribution is 2.30. The van der Waals surface area contributed by atoms with Crippen molar-refractivity contribution in [2.45, 2.75) is 11.0 Å². The number of fused-ring (bicyclic) bond motifs is 1. The van der Waals surface area contributed by atoms with Gasteiger partial charge in [0.05, 0.1) is 4.90 Å². The molecule has 1 aliphatic heterocycles. The quantitative estimate of drug-likeness (QED) is 0.690. The van der Waals surface area contributed by atoms with Gasteiger partial charge in [-0.2, -0.15) is 0 Å². The molecule has 0 bridgehead atoms. The van der Waals surface area contributed by atoms with Crippen molar-refractivity contribution in [2.75, 3.05) is 40.4 Å². The fourth-order valence-corrected chi connectivity index (χ4v) is 3.49. The molecule has 8 heteroatoms. The highest BCUT2D eigenvalue weighted by molar-refractivity contribution is 7.89. The van der Waals surface area contributed by atoms with Crippen LogP contribution in [0.3, 0.4) is 0 Å². The third kappa shape index (κ3) is 4.91. The van der Waals surface area contributed by atoms with Crippen molar-refractivity contribution in [3.8, 4) is 17.2 Å². The van der Waals surface area contributed by atoms with Crippen LogP contribution in [0.4, 0.5) is 0 Å². The predicted octanol–water partition coefficient (Wildman–Crippen LogP) is 1.75. The van der Waals surface area contributed by atoms with Crippen molar-refractivity contribution in [3.63, 3.8) is 0 Å². The molecule has 0 saturated carbocycles. The van der Waals surface area contributed by atoms with E-state index in [1.165, 1.54) is 18.4 Å². The van der Waals surface area contributed by atoms with Crippen molar-refractivity contribution in [3.05, 3.63) is 48.5 Å². The van der Waals surface area contributed by atoms with Gasteiger partial charge >= 0.3 is 0 Å². The molecule has 0 saturated heterocycles. The zero-order valence-electron chi connectivity index (χ0n) is 15.4. The van der Waals surface area contributed by atoms with E-state index < -0.39 is 10.0 Å². The molecular formula is C19H24N2O5S. The van der Waals surface area contributed by atoms with E-state index in [1.807, 2.05) is 24.3 Å². The van der Waals surface area contributed by atoms with Crippen LogP contribution in [0.1, 0.15) is 0 Å². The number of sulfonamides is 1. The highest BCUT2D eigenvalue weighted by Gasteiger charge is 2.20. The second-order valence-corrected chi connectivity index (χ2v) is 8.46. The zero-order valence-corrected chi connectivity index (χ0v) is 16.2. The molecule has 1 unspecified atom stereocenters. The largest absolute Gasteiger partial charge is 0.492 e. The van der Waals surface area contributed by atoms with E-state index in [0.717, 1.165) is 11.5 Å². The molecule has 2 aromatic rings. The zero-order chi connectivity index (χ0) is 19.3. The maximum absolute atomic E-state index is 12.0. The number of ether oxygens (including phenoxy) is 3. The fraction of sp³-hybridized carbons (Fsp3) is 0.368. The molecule has 0 radical (unpaired) electrons. The Kier molecular flexibility index (Phi) is 6.20. The molecular weight excluding hydrogens is 368 g/mol. The van der Waals surface area contributed by atoms with Gasteiger partial charge in [0, 0.05) is 27.2 Å². The lowest BCUT2D eigenvalue weighted by molar-refractivity contribution is 0.0897. The summed E-state index contributed by atoms with van der Waals surface area (Å²) < 4.78 is 42.4. The molecule has 0 spiro atoms. The molecule has 1 N–H and O–H groups in total. The van der Waals surface area contributed by atoms with Crippen molar-refractivity contribution in [1.82, 2.24) is 9.62 Å². The summed E-state index contributed by atoms with van der Waals surface area (Å²) in [5, 5.41) is 3.27. The first-order valence-corrected chi connectivity index (χ1v) is 10.2. The van der Waals surface area contributed by atoms with Crippen LogP contribution in [0.25, 0.3) is 0 Å². The van der Waals surface area contributed by atoms with Gasteiger partial charge in [0.15, 0.2) is 11.5 Å². The van der Waals surface area contributed by atoms with E-state index in [9.17, 15) is 8.42 Å². The smallest absolute Gasteiger partial charge is 0.242 e. The summed E-state index contributed by atoms with van der Waals surface area (Å²) >= 11 is 0. The van der Waals surface area contributed by atoms with Crippen molar-refractivity contribution < 1.29 is 22.6 Å². The Bertz CT molecular complexity index is 853. The summed E-state index contributed by atoms with van der Waals surface area (Å²) in [7, 11) is -0.407. The minimum Gasteiger partial charge on any atom is -0.492 e. The Balaban J connectivity index is 1.38. The van der Waals surface area contributed by atoms with Crippen molar-refractivity contribution in [2.24, 2.45) is 0 Å². The van der Waals surface area contributed by atoms with Crippen molar-refractivity contribution in [1.29, 1.82) is 0 Å². The topological polar surface area (TPSA) is 77.1 Å². The lowest BCUT2D eigenvalue weighted by atomic mass is 10.2. The molecule has 0 aromatic heterocycles. The van der Waals surface area contributed by atoms with Gasteiger partial charge < -0.3 is 19.5 Å². The van der Waals surface area contributed by atoms with Crippen LogP contribution in [0.2, 0.25) is 0 Å². The first kappa shape index (κ1) is 19.5. The van der Waals surface area contributed by atoms with Gasteiger partial charge in [-0.05, 0) is 36.4 Å². The Morgan fingerprint density at radius 1 is 1.11 bits per heavy atom. The standard InChI is InChI=1S/C19H24N2O5S/c1-21(2)27(22,23)17-9-7-15(8-10-17)24-12-11-20-13-16-14-25-18-5-3-4-6-19(18)26-16/h3-10,16,20H,11-14H2,1-2H3. The van der Waals surface area contributed by atoms with Gasteiger partial charge in [-0.25, -0.2) is 12.7 Å². The minimum absolute atomic E-state index is 0.0459. The van der Waals surface area contributed by atoms with Crippen LogP contribution in [0.15, 0.2) is 53.4 Å². The van der Waals surface area contributed by atoms with Crippen LogP contribution in [0, 0.1) is 0 Å². The van der Waals surface area contributed by atoms with Gasteiger partial charge in [-0.3, -0.25) is 0 Å². The number of nitrogens with zero attached hydrogens (tertiary/aromatic N) is 1. The summed E-state index contributed by atoms with van der Waals surface area (Å²) in [4.78, 5) is 0.243. The number of para-hydroxylation sites is 2. The summed E-state index contributed by atoms with van der Waals surface area (Å²) in [6.45, 7) is 2.26. The number of hydrogen-bond donors (Lipinski definition) is 1. The fourth-order valence-electron chi connectivity index (χ4n) is 2.59. The Morgan fingerprint density at radius 3 is 2.52 bits per heavy atom. The van der Waals surface area contributed by atoms with E-state index >= 15 is 0 Å². The number of benzene rings is 2. The molecule has 2 aromatic carbocycles. The number of nitrogens with one attached hydrogen (secondary N) is 1. The number of rotatable bonds is 8. The Labute approximate surface area is 159 Å². The molecule has 3 rings (SSSR count). The molecule has 0 amide bonds. The average molecular weight is 392 g/mol. The van der Waals surface area contributed by atoms with Gasteiger partial charge in [0.25, 0.3) is 0 Å². The first-order valence-electron chi connectivity index (χ1n) is 8.71. The summed E-state index contributed by atoms with van der Waals surface area (Å²) in [6.07, 6.45) is -0.0459. The molecule has 146 valence electrons. The van der Waals surface area contributed by atoms with E-state index in [1.54, 1.807) is 24.3 Å². The van der Waals surface area contributed by atoms with E-state index in [2.05, 4.69) is 5.32 Å². The monoisotopic (exact) mass is 392 g/mol. The lowest BCUT2D eigenvalue weighted by Gasteiger charge is -2.26. The second-order valence-electron chi connectivity index (χ2n) is 6.31. The molecule has 27 heavy (non-hydrogen) atoms. The Morgan fingerprint density at radius 2 is 1.81 bits per heavy atom. The van der Waals surface area contributed by atoms with Crippen LogP contribution >= 0.6 is 0 Å². The minimum atomic E-state index is -3.42. The molecule has 7 nitrogen and oxygen atoms in total. The first-order chi connectivity index (χ1) is 13.0. The van der Waals surface area contributed by atoms with Gasteiger partial charge in [0.1, 0.15) is 25.1 Å². The molecule has 1 aliphatic rings. The Hall–Kier alpha value is -2.29. The van der Waals surface area contributed by atoms with Gasteiger partial charge in [0.2, 0.25) is 10.0 Å². The molecule has 0 fully saturated rings. The summed E-state index contributed by atoms with van der Waals surface area (Å²) in [5.74, 6) is 2.16. The maximum atomic E-state index is 12.0. The lowest BCUT2D eigenvalue weighted by Crippen LogP contribution is -2.39. The summed E-state index contributed by atoms with van der Waals surface area (Å²) in [6, 6.07) is 14.0. The van der Waals surface area contributed by atoms with Crippen LogP contribution < -0.4 is 19.5 Å².